The first-order chi connectivity index (χ1) is 13.1. The molecule has 2 amide bonds. The lowest BCUT2D eigenvalue weighted by atomic mass is 10.1. The SMILES string of the molecule is Cc1ccc(NC(=O)CN2C(=O)C(C)(C)Oc3ccc([N+](=O)[O-])nc32)c(C)c1. The number of carbonyl (C=O) groups is 2. The number of benzene rings is 1. The molecule has 1 aromatic heterocycles. The zero-order valence-corrected chi connectivity index (χ0v) is 16.0. The summed E-state index contributed by atoms with van der Waals surface area (Å²) in [6.07, 6.45) is 0. The van der Waals surface area contributed by atoms with Crippen molar-refractivity contribution in [2.24, 2.45) is 0 Å². The van der Waals surface area contributed by atoms with E-state index < -0.39 is 28.2 Å². The number of nitro groups is 1. The van der Waals surface area contributed by atoms with Crippen LogP contribution in [-0.4, -0.2) is 33.9 Å². The van der Waals surface area contributed by atoms with Gasteiger partial charge in [0.05, 0.1) is 0 Å². The highest BCUT2D eigenvalue weighted by Crippen LogP contribution is 2.37. The molecule has 28 heavy (non-hydrogen) atoms. The Morgan fingerprint density at radius 3 is 2.64 bits per heavy atom. The molecule has 1 N–H and O–H groups in total. The molecule has 0 bridgehead atoms. The number of aromatic nitrogens is 1. The Morgan fingerprint density at radius 1 is 1.29 bits per heavy atom. The highest BCUT2D eigenvalue weighted by molar-refractivity contribution is 6.07. The number of rotatable bonds is 4. The molecule has 0 unspecified atom stereocenters. The summed E-state index contributed by atoms with van der Waals surface area (Å²) in [5, 5.41) is 13.8. The molecule has 0 saturated heterocycles. The van der Waals surface area contributed by atoms with Crippen molar-refractivity contribution in [1.29, 1.82) is 0 Å². The molecule has 3 rings (SSSR count). The van der Waals surface area contributed by atoms with Gasteiger partial charge in [-0.25, -0.2) is 0 Å². The normalized spacial score (nSPS) is 14.9. The van der Waals surface area contributed by atoms with Gasteiger partial charge in [0.1, 0.15) is 6.54 Å². The largest absolute Gasteiger partial charge is 0.472 e. The second kappa shape index (κ2) is 6.91. The average molecular weight is 384 g/mol. The molecular weight excluding hydrogens is 364 g/mol. The fourth-order valence-electron chi connectivity index (χ4n) is 2.97. The van der Waals surface area contributed by atoms with Crippen molar-refractivity contribution >= 4 is 29.1 Å². The van der Waals surface area contributed by atoms with Crippen LogP contribution in [0.15, 0.2) is 30.3 Å². The number of hydrogen-bond donors (Lipinski definition) is 1. The third-order valence-corrected chi connectivity index (χ3v) is 4.35. The van der Waals surface area contributed by atoms with E-state index in [1.54, 1.807) is 19.9 Å². The molecule has 0 radical (unpaired) electrons. The van der Waals surface area contributed by atoms with Crippen LogP contribution in [0.4, 0.5) is 17.3 Å². The Kier molecular flexibility index (Phi) is 4.76. The minimum absolute atomic E-state index is 0.0469. The van der Waals surface area contributed by atoms with Gasteiger partial charge in [-0.2, -0.15) is 0 Å². The summed E-state index contributed by atoms with van der Waals surface area (Å²) in [5.41, 5.74) is 1.34. The van der Waals surface area contributed by atoms with E-state index >= 15 is 0 Å². The van der Waals surface area contributed by atoms with E-state index in [9.17, 15) is 19.7 Å². The molecular formula is C19H20N4O5. The first kappa shape index (κ1) is 19.3. The third-order valence-electron chi connectivity index (χ3n) is 4.35. The van der Waals surface area contributed by atoms with Gasteiger partial charge in [0.25, 0.3) is 11.7 Å². The molecule has 0 spiro atoms. The van der Waals surface area contributed by atoms with Crippen LogP contribution in [0.1, 0.15) is 25.0 Å². The highest BCUT2D eigenvalue weighted by atomic mass is 16.6. The summed E-state index contributed by atoms with van der Waals surface area (Å²) < 4.78 is 5.62. The van der Waals surface area contributed by atoms with E-state index in [0.29, 0.717) is 5.69 Å². The van der Waals surface area contributed by atoms with Crippen LogP contribution < -0.4 is 15.0 Å². The maximum atomic E-state index is 12.8. The van der Waals surface area contributed by atoms with Gasteiger partial charge < -0.3 is 20.2 Å². The minimum atomic E-state index is -1.23. The van der Waals surface area contributed by atoms with Gasteiger partial charge in [-0.3, -0.25) is 14.5 Å². The zero-order valence-electron chi connectivity index (χ0n) is 16.0. The maximum Gasteiger partial charge on any atom is 0.366 e. The molecule has 9 heteroatoms. The Labute approximate surface area is 161 Å². The van der Waals surface area contributed by atoms with Gasteiger partial charge in [-0.15, -0.1) is 0 Å². The fraction of sp³-hybridized carbons (Fsp3) is 0.316. The Hall–Kier alpha value is -3.49. The monoisotopic (exact) mass is 384 g/mol. The van der Waals surface area contributed by atoms with Gasteiger partial charge in [0.2, 0.25) is 5.91 Å². The number of hydrogen-bond acceptors (Lipinski definition) is 6. The third kappa shape index (κ3) is 3.64. The molecule has 0 aliphatic carbocycles. The van der Waals surface area contributed by atoms with Crippen LogP contribution in [0.2, 0.25) is 0 Å². The first-order valence-corrected chi connectivity index (χ1v) is 8.62. The lowest BCUT2D eigenvalue weighted by Gasteiger charge is -2.35. The van der Waals surface area contributed by atoms with Crippen molar-refractivity contribution < 1.29 is 19.2 Å². The molecule has 0 atom stereocenters. The van der Waals surface area contributed by atoms with E-state index in [1.807, 2.05) is 26.0 Å². The number of anilines is 2. The van der Waals surface area contributed by atoms with Crippen LogP contribution in [0.5, 0.6) is 5.75 Å². The predicted molar refractivity (Wildman–Crippen MR) is 102 cm³/mol. The van der Waals surface area contributed by atoms with Gasteiger partial charge in [-0.05, 0) is 55.3 Å². The molecule has 0 fully saturated rings. The van der Waals surface area contributed by atoms with Crippen LogP contribution in [0.3, 0.4) is 0 Å². The highest BCUT2D eigenvalue weighted by Gasteiger charge is 2.45. The van der Waals surface area contributed by atoms with Gasteiger partial charge in [0, 0.05) is 11.8 Å². The van der Waals surface area contributed by atoms with Gasteiger partial charge in [0.15, 0.2) is 11.4 Å². The molecule has 146 valence electrons. The van der Waals surface area contributed by atoms with Crippen molar-refractivity contribution in [2.45, 2.75) is 33.3 Å². The van der Waals surface area contributed by atoms with Crippen molar-refractivity contribution in [3.05, 3.63) is 51.6 Å². The summed E-state index contributed by atoms with van der Waals surface area (Å²) in [6.45, 7) is 6.60. The Bertz CT molecular complexity index is 986. The molecule has 9 nitrogen and oxygen atoms in total. The standard InChI is InChI=1S/C19H20N4O5/c1-11-5-6-13(12(2)9-11)20-16(24)10-22-17-14(28-19(3,4)18(22)25)7-8-15(21-17)23(26)27/h5-9H,10H2,1-4H3,(H,20,24). The number of pyridine rings is 1. The second-order valence-electron chi connectivity index (χ2n) is 7.12. The van der Waals surface area contributed by atoms with Crippen molar-refractivity contribution in [1.82, 2.24) is 4.98 Å². The summed E-state index contributed by atoms with van der Waals surface area (Å²) in [4.78, 5) is 40.8. The molecule has 2 aromatic rings. The minimum Gasteiger partial charge on any atom is -0.472 e. The lowest BCUT2D eigenvalue weighted by molar-refractivity contribution is -0.389. The van der Waals surface area contributed by atoms with Gasteiger partial charge in [-0.1, -0.05) is 17.7 Å². The van der Waals surface area contributed by atoms with E-state index in [1.165, 1.54) is 12.1 Å². The van der Waals surface area contributed by atoms with E-state index in [-0.39, 0.29) is 18.1 Å². The number of nitrogens with one attached hydrogen (secondary N) is 1. The molecule has 0 saturated carbocycles. The van der Waals surface area contributed by atoms with Crippen molar-refractivity contribution in [3.8, 4) is 5.75 Å². The number of amides is 2. The number of nitrogens with zero attached hydrogens (tertiary/aromatic N) is 3. The van der Waals surface area contributed by atoms with E-state index in [2.05, 4.69) is 10.3 Å². The van der Waals surface area contributed by atoms with Crippen LogP contribution in [-0.2, 0) is 9.59 Å². The predicted octanol–water partition coefficient (Wildman–Crippen LogP) is 2.75. The summed E-state index contributed by atoms with van der Waals surface area (Å²) >= 11 is 0. The van der Waals surface area contributed by atoms with Crippen molar-refractivity contribution in [3.63, 3.8) is 0 Å². The molecule has 1 aliphatic heterocycles. The van der Waals surface area contributed by atoms with Crippen LogP contribution in [0, 0.1) is 24.0 Å². The number of fused-ring (bicyclic) bond motifs is 1. The summed E-state index contributed by atoms with van der Waals surface area (Å²) in [7, 11) is 0. The molecule has 1 aliphatic rings. The van der Waals surface area contributed by atoms with E-state index in [0.717, 1.165) is 16.0 Å². The van der Waals surface area contributed by atoms with E-state index in [4.69, 9.17) is 4.74 Å². The number of carbonyl (C=O) groups excluding carboxylic acids is 2. The fourth-order valence-corrected chi connectivity index (χ4v) is 2.97. The summed E-state index contributed by atoms with van der Waals surface area (Å²) in [6, 6.07) is 8.15. The number of aryl methyl sites for hydroxylation is 2. The Balaban J connectivity index is 1.91. The maximum absolute atomic E-state index is 12.8. The smallest absolute Gasteiger partial charge is 0.366 e. The number of ether oxygens (including phenoxy) is 1. The molecule has 2 heterocycles. The first-order valence-electron chi connectivity index (χ1n) is 8.62. The lowest BCUT2D eigenvalue weighted by Crippen LogP contribution is -2.54. The summed E-state index contributed by atoms with van der Waals surface area (Å²) in [5.74, 6) is -1.24. The van der Waals surface area contributed by atoms with Gasteiger partial charge >= 0.3 is 5.82 Å². The molecule has 1 aromatic carbocycles. The quantitative estimate of drug-likeness (QED) is 0.640. The average Bonchev–Trinajstić information content (AvgIpc) is 2.60. The second-order valence-corrected chi connectivity index (χ2v) is 7.12. The van der Waals surface area contributed by atoms with Crippen LogP contribution >= 0.6 is 0 Å². The van der Waals surface area contributed by atoms with Crippen molar-refractivity contribution in [2.75, 3.05) is 16.8 Å². The zero-order chi connectivity index (χ0) is 20.6. The Morgan fingerprint density at radius 2 is 2.00 bits per heavy atom. The topological polar surface area (TPSA) is 115 Å². The van der Waals surface area contributed by atoms with Crippen LogP contribution in [0.25, 0.3) is 0 Å².